The molecule has 1 aliphatic rings. The molecular formula is C16H21BNO2. The molecule has 0 bridgehead atoms. The maximum absolute atomic E-state index is 11.8. The number of ether oxygens (including phenoxy) is 1. The van der Waals surface area contributed by atoms with Crippen LogP contribution in [0.5, 0.6) is 0 Å². The van der Waals surface area contributed by atoms with Crippen LogP contribution in [0.1, 0.15) is 31.2 Å². The van der Waals surface area contributed by atoms with Crippen LogP contribution in [0.4, 0.5) is 5.69 Å². The van der Waals surface area contributed by atoms with E-state index in [4.69, 9.17) is 4.74 Å². The molecule has 1 aromatic carbocycles. The van der Waals surface area contributed by atoms with E-state index in [9.17, 15) is 4.79 Å². The van der Waals surface area contributed by atoms with Gasteiger partial charge in [-0.3, -0.25) is 9.79 Å². The molecule has 0 amide bonds. The van der Waals surface area contributed by atoms with Crippen molar-refractivity contribution in [1.29, 1.82) is 0 Å². The van der Waals surface area contributed by atoms with Gasteiger partial charge < -0.3 is 4.74 Å². The fourth-order valence-corrected chi connectivity index (χ4v) is 2.38. The number of aliphatic imine (C=N–C) groups is 1. The van der Waals surface area contributed by atoms with Crippen molar-refractivity contribution in [3.8, 4) is 0 Å². The monoisotopic (exact) mass is 270 g/mol. The Morgan fingerprint density at radius 2 is 2.40 bits per heavy atom. The molecule has 1 radical (unpaired) electrons. The van der Waals surface area contributed by atoms with E-state index in [1.54, 1.807) is 0 Å². The maximum Gasteiger partial charge on any atom is 0.173 e. The molecular weight excluding hydrogens is 249 g/mol. The fourth-order valence-electron chi connectivity index (χ4n) is 2.38. The molecule has 20 heavy (non-hydrogen) atoms. The molecule has 0 N–H and O–H groups in total. The number of Topliss-reactive ketones (excluding diaryl/α,β-unsaturated/α-hetero) is 1. The highest BCUT2D eigenvalue weighted by atomic mass is 16.5. The largest absolute Gasteiger partial charge is 0.378 e. The highest BCUT2D eigenvalue weighted by Crippen LogP contribution is 2.18. The van der Waals surface area contributed by atoms with Gasteiger partial charge in [0.15, 0.2) is 5.78 Å². The third kappa shape index (κ3) is 4.31. The molecule has 1 unspecified atom stereocenters. The van der Waals surface area contributed by atoms with E-state index in [0.29, 0.717) is 6.42 Å². The van der Waals surface area contributed by atoms with Crippen molar-refractivity contribution in [2.24, 2.45) is 4.99 Å². The number of hydrogen-bond donors (Lipinski definition) is 0. The second-order valence-corrected chi connectivity index (χ2v) is 5.23. The number of benzene rings is 1. The van der Waals surface area contributed by atoms with Crippen LogP contribution in [-0.2, 0) is 9.53 Å². The Kier molecular flexibility index (Phi) is 5.54. The van der Waals surface area contributed by atoms with Crippen molar-refractivity contribution >= 4 is 30.4 Å². The van der Waals surface area contributed by atoms with Crippen LogP contribution in [0.15, 0.2) is 23.2 Å². The first kappa shape index (κ1) is 15.0. The van der Waals surface area contributed by atoms with Crippen LogP contribution in [0.3, 0.4) is 0 Å². The number of aryl methyl sites for hydroxylation is 1. The summed E-state index contributed by atoms with van der Waals surface area (Å²) in [5.41, 5.74) is 3.12. The van der Waals surface area contributed by atoms with Gasteiger partial charge in [0.2, 0.25) is 0 Å². The van der Waals surface area contributed by atoms with Crippen LogP contribution in [-0.4, -0.2) is 32.0 Å². The van der Waals surface area contributed by atoms with E-state index in [2.05, 4.69) is 11.1 Å². The van der Waals surface area contributed by atoms with Crippen molar-refractivity contribution in [3.05, 3.63) is 23.8 Å². The zero-order chi connectivity index (χ0) is 14.4. The normalized spacial score (nSPS) is 18.6. The summed E-state index contributed by atoms with van der Waals surface area (Å²) >= 11 is 0. The smallest absolute Gasteiger partial charge is 0.173 e. The first-order valence-electron chi connectivity index (χ1n) is 7.27. The van der Waals surface area contributed by atoms with Gasteiger partial charge in [-0.2, -0.15) is 0 Å². The summed E-state index contributed by atoms with van der Waals surface area (Å²) in [6.45, 7) is 4.86. The zero-order valence-corrected chi connectivity index (χ0v) is 12.3. The van der Waals surface area contributed by atoms with Gasteiger partial charge in [-0.05, 0) is 37.8 Å². The Balaban J connectivity index is 1.86. The van der Waals surface area contributed by atoms with Crippen molar-refractivity contribution < 1.29 is 9.53 Å². The minimum Gasteiger partial charge on any atom is -0.378 e. The Labute approximate surface area is 121 Å². The fraction of sp³-hybridized carbons (Fsp3) is 0.500. The lowest BCUT2D eigenvalue weighted by Crippen LogP contribution is -2.10. The van der Waals surface area contributed by atoms with Gasteiger partial charge in [0, 0.05) is 13.0 Å². The number of ketones is 1. The summed E-state index contributed by atoms with van der Waals surface area (Å²) in [5, 5.41) is 0. The standard InChI is InChI=1S/C16H21BNO2/c1-12-10-13(17-2)5-8-16(12)18-11-14(19)6-7-15-4-3-9-20-15/h5,8,10-11,15H,3-4,6-7,9H2,1-2H3. The third-order valence-corrected chi connectivity index (χ3v) is 3.64. The van der Waals surface area contributed by atoms with Gasteiger partial charge in [0.05, 0.1) is 18.0 Å². The van der Waals surface area contributed by atoms with Gasteiger partial charge in [0.1, 0.15) is 7.28 Å². The molecule has 1 heterocycles. The van der Waals surface area contributed by atoms with Gasteiger partial charge >= 0.3 is 0 Å². The maximum atomic E-state index is 11.8. The van der Waals surface area contributed by atoms with Gasteiger partial charge in [-0.15, -0.1) is 0 Å². The Bertz CT molecular complexity index is 493. The molecule has 1 saturated heterocycles. The molecule has 1 atom stereocenters. The number of hydrogen-bond acceptors (Lipinski definition) is 3. The van der Waals surface area contributed by atoms with Gasteiger partial charge in [-0.1, -0.05) is 24.4 Å². The molecule has 4 heteroatoms. The highest BCUT2D eigenvalue weighted by Gasteiger charge is 2.15. The first-order valence-corrected chi connectivity index (χ1v) is 7.27. The van der Waals surface area contributed by atoms with Crippen molar-refractivity contribution in [3.63, 3.8) is 0 Å². The van der Waals surface area contributed by atoms with E-state index in [1.807, 2.05) is 33.2 Å². The van der Waals surface area contributed by atoms with Gasteiger partial charge in [0.25, 0.3) is 0 Å². The average molecular weight is 270 g/mol. The molecule has 0 spiro atoms. The quantitative estimate of drug-likeness (QED) is 0.588. The summed E-state index contributed by atoms with van der Waals surface area (Å²) in [6.07, 6.45) is 5.26. The van der Waals surface area contributed by atoms with E-state index in [1.165, 1.54) is 11.7 Å². The molecule has 105 valence electrons. The molecule has 0 aliphatic carbocycles. The number of nitrogens with zero attached hydrogens (tertiary/aromatic N) is 1. The summed E-state index contributed by atoms with van der Waals surface area (Å²) < 4.78 is 5.51. The Morgan fingerprint density at radius 1 is 1.55 bits per heavy atom. The van der Waals surface area contributed by atoms with E-state index in [-0.39, 0.29) is 11.9 Å². The second kappa shape index (κ2) is 7.39. The molecule has 1 aromatic rings. The molecule has 2 rings (SSSR count). The van der Waals surface area contributed by atoms with E-state index < -0.39 is 0 Å². The number of rotatable bonds is 6. The lowest BCUT2D eigenvalue weighted by Gasteiger charge is -2.06. The number of carbonyl (C=O) groups is 1. The lowest BCUT2D eigenvalue weighted by molar-refractivity contribution is -0.113. The van der Waals surface area contributed by atoms with Crippen LogP contribution < -0.4 is 5.46 Å². The van der Waals surface area contributed by atoms with Crippen LogP contribution >= 0.6 is 0 Å². The third-order valence-electron chi connectivity index (χ3n) is 3.64. The molecule has 0 aromatic heterocycles. The molecule has 3 nitrogen and oxygen atoms in total. The zero-order valence-electron chi connectivity index (χ0n) is 12.3. The predicted molar refractivity (Wildman–Crippen MR) is 83.8 cm³/mol. The number of carbonyl (C=O) groups excluding carboxylic acids is 1. The summed E-state index contributed by atoms with van der Waals surface area (Å²) in [5.74, 6) is 0.0750. The van der Waals surface area contributed by atoms with Crippen molar-refractivity contribution in [2.45, 2.75) is 45.5 Å². The summed E-state index contributed by atoms with van der Waals surface area (Å²) in [7, 11) is 2.05. The van der Waals surface area contributed by atoms with Crippen molar-refractivity contribution in [2.75, 3.05) is 6.61 Å². The van der Waals surface area contributed by atoms with E-state index >= 15 is 0 Å². The SMILES string of the molecule is C[B]c1ccc(N=CC(=O)CCC2CCCO2)c(C)c1. The average Bonchev–Trinajstić information content (AvgIpc) is 2.97. The van der Waals surface area contributed by atoms with Crippen LogP contribution in [0.2, 0.25) is 6.82 Å². The molecule has 1 aliphatic heterocycles. The summed E-state index contributed by atoms with van der Waals surface area (Å²) in [6, 6.07) is 6.04. The minimum absolute atomic E-state index is 0.0750. The topological polar surface area (TPSA) is 38.7 Å². The molecule has 1 fully saturated rings. The van der Waals surface area contributed by atoms with E-state index in [0.717, 1.165) is 37.1 Å². The van der Waals surface area contributed by atoms with Crippen LogP contribution in [0.25, 0.3) is 0 Å². The van der Waals surface area contributed by atoms with Crippen LogP contribution in [0, 0.1) is 6.92 Å². The Hall–Kier alpha value is -1.42. The Morgan fingerprint density at radius 3 is 3.05 bits per heavy atom. The first-order chi connectivity index (χ1) is 9.69. The van der Waals surface area contributed by atoms with Gasteiger partial charge in [-0.25, -0.2) is 0 Å². The summed E-state index contributed by atoms with van der Waals surface area (Å²) in [4.78, 5) is 16.1. The predicted octanol–water partition coefficient (Wildman–Crippen LogP) is 2.60. The second-order valence-electron chi connectivity index (χ2n) is 5.23. The van der Waals surface area contributed by atoms with Crippen molar-refractivity contribution in [1.82, 2.24) is 0 Å². The minimum atomic E-state index is 0.0750. The molecule has 0 saturated carbocycles. The lowest BCUT2D eigenvalue weighted by atomic mass is 9.73. The highest BCUT2D eigenvalue weighted by molar-refractivity contribution is 6.51.